The summed E-state index contributed by atoms with van der Waals surface area (Å²) in [6.07, 6.45) is 0. The molecule has 1 saturated heterocycles. The van der Waals surface area contributed by atoms with E-state index in [1.54, 1.807) is 0 Å². The Balaban J connectivity index is 2.03. The van der Waals surface area contributed by atoms with Gasteiger partial charge >= 0.3 is 0 Å². The highest BCUT2D eigenvalue weighted by Crippen LogP contribution is 2.22. The van der Waals surface area contributed by atoms with E-state index in [-0.39, 0.29) is 0 Å². The van der Waals surface area contributed by atoms with Crippen molar-refractivity contribution in [1.29, 1.82) is 0 Å². The second-order valence-corrected chi connectivity index (χ2v) is 4.14. The Morgan fingerprint density at radius 2 is 2.31 bits per heavy atom. The number of hydrogen-bond donors (Lipinski definition) is 1. The summed E-state index contributed by atoms with van der Waals surface area (Å²) in [5.74, 6) is 1.69. The van der Waals surface area contributed by atoms with Crippen LogP contribution in [0.4, 0.5) is 5.82 Å². The molecule has 2 rings (SSSR count). The molecule has 0 bridgehead atoms. The number of pyridine rings is 1. The third-order valence-corrected chi connectivity index (χ3v) is 2.76. The molecule has 0 aromatic carbocycles. The molecule has 4 heteroatoms. The Morgan fingerprint density at radius 3 is 2.92 bits per heavy atom. The normalized spacial score (nSPS) is 17.2. The SMILES string of the molecule is NCC1CN(c2cccc(Br)n2)C1. The van der Waals surface area contributed by atoms with Crippen LogP contribution in [-0.2, 0) is 0 Å². The number of rotatable bonds is 2. The second kappa shape index (κ2) is 3.64. The van der Waals surface area contributed by atoms with Gasteiger partial charge in [0.1, 0.15) is 10.4 Å². The molecule has 2 heterocycles. The van der Waals surface area contributed by atoms with E-state index >= 15 is 0 Å². The average molecular weight is 242 g/mol. The van der Waals surface area contributed by atoms with Gasteiger partial charge in [-0.3, -0.25) is 0 Å². The standard InChI is InChI=1S/C9H12BrN3/c10-8-2-1-3-9(12-8)13-5-7(4-11)6-13/h1-3,7H,4-6,11H2. The van der Waals surface area contributed by atoms with Gasteiger partial charge in [0, 0.05) is 19.0 Å². The lowest BCUT2D eigenvalue weighted by Crippen LogP contribution is -2.50. The first kappa shape index (κ1) is 8.97. The Hall–Kier alpha value is -0.610. The molecule has 1 aliphatic rings. The fraction of sp³-hybridized carbons (Fsp3) is 0.444. The topological polar surface area (TPSA) is 42.1 Å². The molecule has 1 fully saturated rings. The van der Waals surface area contributed by atoms with Crippen molar-refractivity contribution in [2.75, 3.05) is 24.5 Å². The Bertz CT molecular complexity index is 297. The minimum absolute atomic E-state index is 0.654. The molecular formula is C9H12BrN3. The predicted molar refractivity (Wildman–Crippen MR) is 56.7 cm³/mol. The zero-order valence-electron chi connectivity index (χ0n) is 7.28. The second-order valence-electron chi connectivity index (χ2n) is 3.33. The fourth-order valence-electron chi connectivity index (χ4n) is 1.48. The highest BCUT2D eigenvalue weighted by Gasteiger charge is 2.26. The molecule has 0 aliphatic carbocycles. The van der Waals surface area contributed by atoms with Crippen LogP contribution in [0.5, 0.6) is 0 Å². The molecule has 2 N–H and O–H groups in total. The van der Waals surface area contributed by atoms with E-state index in [1.165, 1.54) is 0 Å². The monoisotopic (exact) mass is 241 g/mol. The summed E-state index contributed by atoms with van der Waals surface area (Å²) >= 11 is 3.35. The van der Waals surface area contributed by atoms with Crippen LogP contribution < -0.4 is 10.6 Å². The molecule has 1 aromatic rings. The lowest BCUT2D eigenvalue weighted by atomic mass is 10.0. The van der Waals surface area contributed by atoms with Crippen LogP contribution >= 0.6 is 15.9 Å². The fourth-order valence-corrected chi connectivity index (χ4v) is 1.81. The van der Waals surface area contributed by atoms with Crippen molar-refractivity contribution >= 4 is 21.7 Å². The van der Waals surface area contributed by atoms with Crippen molar-refractivity contribution in [2.45, 2.75) is 0 Å². The van der Waals surface area contributed by atoms with Gasteiger partial charge in [0.05, 0.1) is 0 Å². The first-order valence-corrected chi connectivity index (χ1v) is 5.16. The molecule has 0 amide bonds. The maximum Gasteiger partial charge on any atom is 0.129 e. The molecular weight excluding hydrogens is 230 g/mol. The third kappa shape index (κ3) is 1.84. The number of aromatic nitrogens is 1. The van der Waals surface area contributed by atoms with Crippen LogP contribution in [-0.4, -0.2) is 24.6 Å². The van der Waals surface area contributed by atoms with Crippen molar-refractivity contribution in [3.05, 3.63) is 22.8 Å². The minimum atomic E-state index is 0.654. The van der Waals surface area contributed by atoms with E-state index in [0.29, 0.717) is 5.92 Å². The van der Waals surface area contributed by atoms with Crippen molar-refractivity contribution in [1.82, 2.24) is 4.98 Å². The van der Waals surface area contributed by atoms with Gasteiger partial charge in [-0.2, -0.15) is 0 Å². The van der Waals surface area contributed by atoms with Gasteiger partial charge in [-0.25, -0.2) is 4.98 Å². The Morgan fingerprint density at radius 1 is 1.54 bits per heavy atom. The van der Waals surface area contributed by atoms with E-state index in [1.807, 2.05) is 18.2 Å². The van der Waals surface area contributed by atoms with Crippen molar-refractivity contribution < 1.29 is 0 Å². The molecule has 1 aromatic heterocycles. The van der Waals surface area contributed by atoms with Gasteiger partial charge in [0.15, 0.2) is 0 Å². The van der Waals surface area contributed by atoms with Crippen LogP contribution in [0, 0.1) is 5.92 Å². The zero-order valence-corrected chi connectivity index (χ0v) is 8.87. The zero-order chi connectivity index (χ0) is 9.26. The van der Waals surface area contributed by atoms with Crippen LogP contribution in [0.2, 0.25) is 0 Å². The van der Waals surface area contributed by atoms with E-state index in [2.05, 4.69) is 25.8 Å². The largest absolute Gasteiger partial charge is 0.356 e. The summed E-state index contributed by atoms with van der Waals surface area (Å²) in [5, 5.41) is 0. The van der Waals surface area contributed by atoms with Crippen molar-refractivity contribution in [3.8, 4) is 0 Å². The number of nitrogens with zero attached hydrogens (tertiary/aromatic N) is 2. The first-order valence-electron chi connectivity index (χ1n) is 4.37. The van der Waals surface area contributed by atoms with Crippen LogP contribution in [0.3, 0.4) is 0 Å². The van der Waals surface area contributed by atoms with E-state index in [9.17, 15) is 0 Å². The van der Waals surface area contributed by atoms with E-state index < -0.39 is 0 Å². The van der Waals surface area contributed by atoms with Crippen molar-refractivity contribution in [3.63, 3.8) is 0 Å². The molecule has 0 atom stereocenters. The summed E-state index contributed by atoms with van der Waals surface area (Å²) in [6, 6.07) is 5.96. The number of hydrogen-bond acceptors (Lipinski definition) is 3. The highest BCUT2D eigenvalue weighted by atomic mass is 79.9. The molecule has 0 spiro atoms. The summed E-state index contributed by atoms with van der Waals surface area (Å²) in [5.41, 5.74) is 5.55. The number of halogens is 1. The van der Waals surface area contributed by atoms with Crippen LogP contribution in [0.1, 0.15) is 0 Å². The van der Waals surface area contributed by atoms with E-state index in [4.69, 9.17) is 5.73 Å². The predicted octanol–water partition coefficient (Wildman–Crippen LogP) is 1.24. The summed E-state index contributed by atoms with van der Waals surface area (Å²) < 4.78 is 0.890. The van der Waals surface area contributed by atoms with Gasteiger partial charge in [-0.15, -0.1) is 0 Å². The lowest BCUT2D eigenvalue weighted by Gasteiger charge is -2.39. The third-order valence-electron chi connectivity index (χ3n) is 2.31. The quantitative estimate of drug-likeness (QED) is 0.793. The Kier molecular flexibility index (Phi) is 2.51. The van der Waals surface area contributed by atoms with Gasteiger partial charge in [-0.1, -0.05) is 6.07 Å². The minimum Gasteiger partial charge on any atom is -0.356 e. The van der Waals surface area contributed by atoms with Gasteiger partial charge in [-0.05, 0) is 34.6 Å². The lowest BCUT2D eigenvalue weighted by molar-refractivity contribution is 0.417. The smallest absolute Gasteiger partial charge is 0.129 e. The molecule has 0 saturated carbocycles. The molecule has 13 heavy (non-hydrogen) atoms. The number of anilines is 1. The highest BCUT2D eigenvalue weighted by molar-refractivity contribution is 9.10. The first-order chi connectivity index (χ1) is 6.29. The Labute approximate surface area is 86.1 Å². The molecule has 70 valence electrons. The van der Waals surface area contributed by atoms with Crippen LogP contribution in [0.25, 0.3) is 0 Å². The van der Waals surface area contributed by atoms with Gasteiger partial charge in [0.25, 0.3) is 0 Å². The average Bonchev–Trinajstić information content (AvgIpc) is 2.02. The van der Waals surface area contributed by atoms with E-state index in [0.717, 1.165) is 30.1 Å². The summed E-state index contributed by atoms with van der Waals surface area (Å²) in [4.78, 5) is 6.60. The molecule has 0 radical (unpaired) electrons. The summed E-state index contributed by atoms with van der Waals surface area (Å²) in [6.45, 7) is 2.87. The maximum absolute atomic E-state index is 5.55. The molecule has 0 unspecified atom stereocenters. The molecule has 3 nitrogen and oxygen atoms in total. The summed E-state index contributed by atoms with van der Waals surface area (Å²) in [7, 11) is 0. The van der Waals surface area contributed by atoms with Crippen molar-refractivity contribution in [2.24, 2.45) is 11.7 Å². The van der Waals surface area contributed by atoms with Gasteiger partial charge in [0.2, 0.25) is 0 Å². The van der Waals surface area contributed by atoms with Crippen LogP contribution in [0.15, 0.2) is 22.8 Å². The number of nitrogens with two attached hydrogens (primary N) is 1. The molecule has 1 aliphatic heterocycles. The maximum atomic E-state index is 5.55. The van der Waals surface area contributed by atoms with Gasteiger partial charge < -0.3 is 10.6 Å².